The maximum atomic E-state index is 11.7. The number of phenols is 1. The number of hydrogen-bond acceptors (Lipinski definition) is 3. The lowest BCUT2D eigenvalue weighted by Crippen LogP contribution is -2.18. The molecule has 1 aromatic rings. The molecule has 1 rings (SSSR count). The smallest absolute Gasteiger partial charge is 0.317 e. The summed E-state index contributed by atoms with van der Waals surface area (Å²) < 4.78 is 17.3. The largest absolute Gasteiger partial charge is 0.507 e. The summed E-state index contributed by atoms with van der Waals surface area (Å²) in [7, 11) is -3.07. The Hall–Kier alpha value is -0.830. The molecule has 0 amide bonds. The van der Waals surface area contributed by atoms with Crippen LogP contribution in [0.15, 0.2) is 12.1 Å². The molecule has 0 heterocycles. The Morgan fingerprint density at radius 2 is 1.03 bits per heavy atom. The molecule has 0 saturated carbocycles. The molecule has 0 saturated heterocycles. The lowest BCUT2D eigenvalue weighted by atomic mass is 9.77. The molecule has 0 aliphatic carbocycles. The van der Waals surface area contributed by atoms with Crippen LogP contribution in [0.2, 0.25) is 0 Å². The highest BCUT2D eigenvalue weighted by Crippen LogP contribution is 2.43. The first-order valence-electron chi connectivity index (χ1n) is 15.6. The summed E-state index contributed by atoms with van der Waals surface area (Å²) in [4.78, 5) is 9.61. The highest BCUT2D eigenvalue weighted by atomic mass is 31.1. The number of hydrogen-bond donors (Lipinski definition) is 2. The van der Waals surface area contributed by atoms with Gasteiger partial charge in [0.1, 0.15) is 5.75 Å². The molecule has 0 radical (unpaired) electrons. The Morgan fingerprint density at radius 1 is 0.684 bits per heavy atom. The van der Waals surface area contributed by atoms with Crippen LogP contribution in [0.25, 0.3) is 0 Å². The predicted molar refractivity (Wildman–Crippen MR) is 165 cm³/mol. The van der Waals surface area contributed by atoms with Gasteiger partial charge < -0.3 is 14.5 Å². The van der Waals surface area contributed by atoms with Crippen molar-refractivity contribution in [1.82, 2.24) is 0 Å². The quantitative estimate of drug-likeness (QED) is 0.125. The summed E-state index contributed by atoms with van der Waals surface area (Å²) in [5.41, 5.74) is 2.12. The van der Waals surface area contributed by atoms with E-state index in [4.69, 9.17) is 4.52 Å². The average molecular weight is 553 g/mol. The molecule has 38 heavy (non-hydrogen) atoms. The zero-order valence-corrected chi connectivity index (χ0v) is 27.0. The Bertz CT molecular complexity index is 756. The van der Waals surface area contributed by atoms with E-state index in [1.54, 1.807) is 0 Å². The van der Waals surface area contributed by atoms with Crippen molar-refractivity contribution in [1.29, 1.82) is 0 Å². The van der Waals surface area contributed by atoms with Gasteiger partial charge >= 0.3 is 8.25 Å². The highest BCUT2D eigenvalue weighted by molar-refractivity contribution is 7.32. The SMILES string of the molecule is CCCCCCCCCCCCCCCCCCC(O[PH](=O)O)c1cc(C(C)(C)C)c(O)c(C(C)(C)C)c1. The Balaban J connectivity index is 2.45. The van der Waals surface area contributed by atoms with Crippen LogP contribution in [0, 0.1) is 0 Å². The van der Waals surface area contributed by atoms with Crippen LogP contribution in [-0.2, 0) is 19.9 Å². The molecule has 2 unspecified atom stereocenters. The normalized spacial score (nSPS) is 14.1. The third-order valence-corrected chi connectivity index (χ3v) is 8.17. The summed E-state index contributed by atoms with van der Waals surface area (Å²) in [5.74, 6) is 0.326. The van der Waals surface area contributed by atoms with Crippen molar-refractivity contribution in [2.45, 2.75) is 175 Å². The van der Waals surface area contributed by atoms with Gasteiger partial charge in [-0.1, -0.05) is 151 Å². The second kappa shape index (κ2) is 18.5. The fourth-order valence-electron chi connectivity index (χ4n) is 5.28. The zero-order valence-electron chi connectivity index (χ0n) is 26.0. The molecule has 0 bridgehead atoms. The fourth-order valence-corrected chi connectivity index (χ4v) is 5.78. The molecular weight excluding hydrogens is 491 g/mol. The first kappa shape index (κ1) is 35.2. The van der Waals surface area contributed by atoms with Crippen molar-refractivity contribution in [2.75, 3.05) is 0 Å². The third-order valence-electron chi connectivity index (χ3n) is 7.68. The fraction of sp³-hybridized carbons (Fsp3) is 0.818. The molecule has 4 nitrogen and oxygen atoms in total. The van der Waals surface area contributed by atoms with Gasteiger partial charge in [-0.05, 0) is 46.1 Å². The van der Waals surface area contributed by atoms with Crippen molar-refractivity contribution >= 4 is 8.25 Å². The first-order valence-corrected chi connectivity index (χ1v) is 16.9. The van der Waals surface area contributed by atoms with E-state index in [0.29, 0.717) is 12.2 Å². The molecule has 0 aliphatic rings. The van der Waals surface area contributed by atoms with Crippen LogP contribution in [0.1, 0.15) is 180 Å². The monoisotopic (exact) mass is 552 g/mol. The van der Waals surface area contributed by atoms with E-state index in [1.807, 2.05) is 12.1 Å². The number of benzene rings is 1. The molecule has 0 spiro atoms. The molecule has 2 atom stereocenters. The van der Waals surface area contributed by atoms with Crippen LogP contribution < -0.4 is 0 Å². The van der Waals surface area contributed by atoms with Gasteiger partial charge in [0.25, 0.3) is 0 Å². The highest BCUT2D eigenvalue weighted by Gasteiger charge is 2.28. The topological polar surface area (TPSA) is 66.8 Å². The van der Waals surface area contributed by atoms with Crippen LogP contribution in [-0.4, -0.2) is 10.00 Å². The van der Waals surface area contributed by atoms with E-state index in [-0.39, 0.29) is 10.8 Å². The molecule has 5 heteroatoms. The Labute approximate surface area is 236 Å². The zero-order chi connectivity index (χ0) is 28.6. The minimum absolute atomic E-state index is 0.247. The first-order chi connectivity index (χ1) is 17.9. The summed E-state index contributed by atoms with van der Waals surface area (Å²) in [5, 5.41) is 11.0. The van der Waals surface area contributed by atoms with E-state index in [1.165, 1.54) is 89.9 Å². The van der Waals surface area contributed by atoms with E-state index < -0.39 is 14.4 Å². The number of rotatable bonds is 20. The molecule has 0 fully saturated rings. The standard InChI is InChI=1S/C33H61O4P/c1-8-9-10-11-12-13-14-15-16-17-18-19-20-21-22-23-24-30(37-38(35)36)27-25-28(32(2,3)4)31(34)29(26-27)33(5,6)7/h25-26,30,34,38H,8-24H2,1-7H3,(H,35,36). The van der Waals surface area contributed by atoms with Crippen LogP contribution >= 0.6 is 8.25 Å². The van der Waals surface area contributed by atoms with E-state index in [0.717, 1.165) is 29.5 Å². The molecule has 0 aliphatic heterocycles. The van der Waals surface area contributed by atoms with Crippen LogP contribution in [0.3, 0.4) is 0 Å². The molecule has 2 N–H and O–H groups in total. The Kier molecular flexibility index (Phi) is 17.1. The van der Waals surface area contributed by atoms with E-state index in [2.05, 4.69) is 48.5 Å². The maximum Gasteiger partial charge on any atom is 0.317 e. The molecule has 1 aromatic carbocycles. The van der Waals surface area contributed by atoms with Gasteiger partial charge in [-0.15, -0.1) is 0 Å². The van der Waals surface area contributed by atoms with Crippen molar-refractivity contribution in [3.8, 4) is 5.75 Å². The predicted octanol–water partition coefficient (Wildman–Crippen LogP) is 11.1. The van der Waals surface area contributed by atoms with Gasteiger partial charge in [-0.2, -0.15) is 0 Å². The van der Waals surface area contributed by atoms with E-state index >= 15 is 0 Å². The van der Waals surface area contributed by atoms with Crippen LogP contribution in [0.5, 0.6) is 5.75 Å². The summed E-state index contributed by atoms with van der Waals surface area (Å²) in [6.45, 7) is 14.8. The molecule has 222 valence electrons. The second-order valence-corrected chi connectivity index (χ2v) is 14.2. The summed E-state index contributed by atoms with van der Waals surface area (Å²) in [6.07, 6.45) is 21.4. The summed E-state index contributed by atoms with van der Waals surface area (Å²) >= 11 is 0. The van der Waals surface area contributed by atoms with Gasteiger partial charge in [0.15, 0.2) is 0 Å². The minimum Gasteiger partial charge on any atom is -0.507 e. The van der Waals surface area contributed by atoms with Gasteiger partial charge in [-0.3, -0.25) is 4.57 Å². The van der Waals surface area contributed by atoms with Crippen molar-refractivity contribution in [3.63, 3.8) is 0 Å². The maximum absolute atomic E-state index is 11.7. The van der Waals surface area contributed by atoms with E-state index in [9.17, 15) is 14.6 Å². The third kappa shape index (κ3) is 14.5. The number of phenolic OH excluding ortho intramolecular Hbond substituents is 1. The van der Waals surface area contributed by atoms with Crippen molar-refractivity contribution < 1.29 is 19.1 Å². The number of unbranched alkanes of at least 4 members (excludes halogenated alkanes) is 15. The van der Waals surface area contributed by atoms with Gasteiger partial charge in [0, 0.05) is 0 Å². The lowest BCUT2D eigenvalue weighted by Gasteiger charge is -2.29. The number of aromatic hydroxyl groups is 1. The Morgan fingerprint density at radius 3 is 1.34 bits per heavy atom. The van der Waals surface area contributed by atoms with Gasteiger partial charge in [-0.25, -0.2) is 0 Å². The van der Waals surface area contributed by atoms with Crippen molar-refractivity contribution in [3.05, 3.63) is 28.8 Å². The lowest BCUT2D eigenvalue weighted by molar-refractivity contribution is 0.177. The minimum atomic E-state index is -3.07. The second-order valence-electron chi connectivity index (χ2n) is 13.4. The van der Waals surface area contributed by atoms with Crippen molar-refractivity contribution in [2.24, 2.45) is 0 Å². The van der Waals surface area contributed by atoms with Gasteiger partial charge in [0.2, 0.25) is 0 Å². The van der Waals surface area contributed by atoms with Gasteiger partial charge in [0.05, 0.1) is 6.10 Å². The molecular formula is C33H61O4P. The van der Waals surface area contributed by atoms with Crippen LogP contribution in [0.4, 0.5) is 0 Å². The average Bonchev–Trinajstić information content (AvgIpc) is 2.81. The summed E-state index contributed by atoms with van der Waals surface area (Å²) in [6, 6.07) is 3.96. The molecule has 0 aromatic heterocycles.